The summed E-state index contributed by atoms with van der Waals surface area (Å²) in [4.78, 5) is 30.9. The molecule has 0 unspecified atom stereocenters. The van der Waals surface area contributed by atoms with Crippen molar-refractivity contribution in [1.82, 2.24) is 19.8 Å². The van der Waals surface area contributed by atoms with E-state index in [2.05, 4.69) is 50.7 Å². The van der Waals surface area contributed by atoms with Crippen LogP contribution in [0.1, 0.15) is 67.4 Å². The molecule has 3 N–H and O–H groups in total. The van der Waals surface area contributed by atoms with Gasteiger partial charge in [0.25, 0.3) is 0 Å². The standard InChI is InChI=1S/C27H36N6OS/c1-17(2)24-25(20-12-18(3)27(29-14-20)30-16-28)31-21-13-22(35-26(21)24)19-6-10-33(11-7-19)23(34)15-32-8-4-5-9-32/h12-14,16-17,19,31H,4-11,15H2,1-3H3,(H2,28,29,30). The molecule has 0 aromatic carbocycles. The molecule has 0 radical (unpaired) electrons. The molecule has 0 bridgehead atoms. The topological polar surface area (TPSA) is 90.6 Å². The normalized spacial score (nSPS) is 18.0. The number of carbonyl (C=O) groups excluding carboxylic acids is 1. The fourth-order valence-electron chi connectivity index (χ4n) is 5.55. The zero-order valence-electron chi connectivity index (χ0n) is 21.0. The Labute approximate surface area is 211 Å². The van der Waals surface area contributed by atoms with Crippen LogP contribution >= 0.6 is 11.3 Å². The van der Waals surface area contributed by atoms with Crippen LogP contribution in [0.25, 0.3) is 21.5 Å². The van der Waals surface area contributed by atoms with Gasteiger partial charge in [-0.1, -0.05) is 13.8 Å². The van der Waals surface area contributed by atoms with Crippen molar-refractivity contribution >= 4 is 39.6 Å². The molecule has 2 saturated heterocycles. The number of hydrogen-bond donors (Lipinski definition) is 2. The summed E-state index contributed by atoms with van der Waals surface area (Å²) < 4.78 is 1.35. The van der Waals surface area contributed by atoms with E-state index in [1.54, 1.807) is 0 Å². The fourth-order valence-corrected chi connectivity index (χ4v) is 7.04. The number of nitrogens with one attached hydrogen (secondary N) is 1. The van der Waals surface area contributed by atoms with Crippen LogP contribution in [0.4, 0.5) is 5.82 Å². The van der Waals surface area contributed by atoms with E-state index in [0.29, 0.717) is 30.1 Å². The number of amides is 1. The summed E-state index contributed by atoms with van der Waals surface area (Å²) in [7, 11) is 0. The van der Waals surface area contributed by atoms with Gasteiger partial charge in [0.15, 0.2) is 5.82 Å². The predicted molar refractivity (Wildman–Crippen MR) is 145 cm³/mol. The molecular weight excluding hydrogens is 456 g/mol. The molecule has 8 heteroatoms. The number of aromatic nitrogens is 2. The lowest BCUT2D eigenvalue weighted by molar-refractivity contribution is -0.133. The van der Waals surface area contributed by atoms with Crippen molar-refractivity contribution in [2.24, 2.45) is 10.7 Å². The summed E-state index contributed by atoms with van der Waals surface area (Å²) >= 11 is 1.92. The van der Waals surface area contributed by atoms with E-state index in [1.807, 2.05) is 24.5 Å². The van der Waals surface area contributed by atoms with Gasteiger partial charge < -0.3 is 15.6 Å². The Morgan fingerprint density at radius 3 is 2.66 bits per heavy atom. The molecule has 1 amide bonds. The van der Waals surface area contributed by atoms with E-state index in [9.17, 15) is 4.79 Å². The lowest BCUT2D eigenvalue weighted by Crippen LogP contribution is -2.43. The zero-order valence-corrected chi connectivity index (χ0v) is 21.8. The molecule has 35 heavy (non-hydrogen) atoms. The third-order valence-corrected chi connectivity index (χ3v) is 8.78. The summed E-state index contributed by atoms with van der Waals surface area (Å²) in [6.07, 6.45) is 7.72. The first-order chi connectivity index (χ1) is 16.9. The zero-order chi connectivity index (χ0) is 24.5. The summed E-state index contributed by atoms with van der Waals surface area (Å²) in [5.41, 5.74) is 11.2. The Morgan fingerprint density at radius 2 is 2.00 bits per heavy atom. The average Bonchev–Trinajstić information content (AvgIpc) is 3.57. The van der Waals surface area contributed by atoms with E-state index in [4.69, 9.17) is 5.73 Å². The number of aromatic amines is 1. The van der Waals surface area contributed by atoms with E-state index in [-0.39, 0.29) is 0 Å². The second kappa shape index (κ2) is 10.1. The van der Waals surface area contributed by atoms with Crippen LogP contribution in [0.3, 0.4) is 0 Å². The number of aryl methyl sites for hydroxylation is 1. The minimum atomic E-state index is 0.308. The molecule has 5 rings (SSSR count). The average molecular weight is 493 g/mol. The van der Waals surface area contributed by atoms with Crippen LogP contribution in [-0.4, -0.2) is 64.7 Å². The van der Waals surface area contributed by atoms with Crippen molar-refractivity contribution < 1.29 is 4.79 Å². The Hall–Kier alpha value is -2.71. The van der Waals surface area contributed by atoms with Crippen LogP contribution in [0.5, 0.6) is 0 Å². The molecule has 0 saturated carbocycles. The first-order valence-electron chi connectivity index (χ1n) is 12.8. The van der Waals surface area contributed by atoms with Crippen molar-refractivity contribution in [3.8, 4) is 11.3 Å². The van der Waals surface area contributed by atoms with Gasteiger partial charge in [0.05, 0.1) is 28.8 Å². The van der Waals surface area contributed by atoms with Gasteiger partial charge in [-0.25, -0.2) is 9.98 Å². The molecule has 2 aliphatic rings. The fraction of sp³-hybridized carbons (Fsp3) is 0.519. The van der Waals surface area contributed by atoms with E-state index < -0.39 is 0 Å². The van der Waals surface area contributed by atoms with Gasteiger partial charge >= 0.3 is 0 Å². The van der Waals surface area contributed by atoms with Gasteiger partial charge in [-0.2, -0.15) is 0 Å². The Balaban J connectivity index is 1.33. The van der Waals surface area contributed by atoms with Gasteiger partial charge in [-0.3, -0.25) is 9.69 Å². The molecule has 2 fully saturated rings. The first kappa shape index (κ1) is 24.0. The molecule has 0 atom stereocenters. The Kier molecular flexibility index (Phi) is 6.93. The van der Waals surface area contributed by atoms with Gasteiger partial charge in [0.2, 0.25) is 5.91 Å². The van der Waals surface area contributed by atoms with Crippen molar-refractivity contribution in [3.05, 3.63) is 34.3 Å². The van der Waals surface area contributed by atoms with Crippen LogP contribution in [0.15, 0.2) is 23.3 Å². The molecular formula is C27H36N6OS. The molecule has 3 aromatic rings. The number of pyridine rings is 1. The number of aliphatic imine (C=N–C) groups is 1. The molecule has 5 heterocycles. The van der Waals surface area contributed by atoms with Gasteiger partial charge in [-0.05, 0) is 80.8 Å². The predicted octanol–water partition coefficient (Wildman–Crippen LogP) is 5.14. The molecule has 7 nitrogen and oxygen atoms in total. The monoisotopic (exact) mass is 492 g/mol. The van der Waals surface area contributed by atoms with Gasteiger partial charge in [0, 0.05) is 29.7 Å². The number of hydrogen-bond acceptors (Lipinski definition) is 5. The Morgan fingerprint density at radius 1 is 1.26 bits per heavy atom. The summed E-state index contributed by atoms with van der Waals surface area (Å²) in [5, 5.41) is 0. The highest BCUT2D eigenvalue weighted by atomic mass is 32.1. The number of H-pyrrole nitrogens is 1. The van der Waals surface area contributed by atoms with Crippen LogP contribution in [-0.2, 0) is 4.79 Å². The van der Waals surface area contributed by atoms with Gasteiger partial charge in [0.1, 0.15) is 0 Å². The third-order valence-electron chi connectivity index (χ3n) is 7.45. The number of fused-ring (bicyclic) bond motifs is 1. The molecule has 2 aliphatic heterocycles. The van der Waals surface area contributed by atoms with Crippen molar-refractivity contribution in [2.75, 3.05) is 32.7 Å². The molecule has 0 spiro atoms. The second-order valence-electron chi connectivity index (χ2n) is 10.2. The molecule has 186 valence electrons. The lowest BCUT2D eigenvalue weighted by Gasteiger charge is -2.32. The summed E-state index contributed by atoms with van der Waals surface area (Å²) in [5.74, 6) is 1.88. The van der Waals surface area contributed by atoms with E-state index >= 15 is 0 Å². The van der Waals surface area contributed by atoms with Crippen molar-refractivity contribution in [2.45, 2.75) is 58.3 Å². The number of rotatable bonds is 6. The maximum atomic E-state index is 12.7. The van der Waals surface area contributed by atoms with Crippen molar-refractivity contribution in [1.29, 1.82) is 0 Å². The summed E-state index contributed by atoms with van der Waals surface area (Å²) in [6.45, 7) is 11.0. The third kappa shape index (κ3) is 4.86. The quantitative estimate of drug-likeness (QED) is 0.368. The second-order valence-corrected chi connectivity index (χ2v) is 11.3. The van der Waals surface area contributed by atoms with Crippen LogP contribution in [0, 0.1) is 6.92 Å². The van der Waals surface area contributed by atoms with Crippen LogP contribution in [0.2, 0.25) is 0 Å². The highest BCUT2D eigenvalue weighted by molar-refractivity contribution is 7.19. The molecule has 3 aromatic heterocycles. The smallest absolute Gasteiger partial charge is 0.236 e. The van der Waals surface area contributed by atoms with E-state index in [1.165, 1.54) is 39.8 Å². The highest BCUT2D eigenvalue weighted by Crippen LogP contribution is 2.43. The highest BCUT2D eigenvalue weighted by Gasteiger charge is 2.28. The minimum Gasteiger partial charge on any atom is -0.390 e. The number of carbonyl (C=O) groups is 1. The minimum absolute atomic E-state index is 0.308. The Bertz CT molecular complexity index is 1230. The SMILES string of the molecule is Cc1cc(-c2[nH]c3cc(C4CCN(C(=O)CN5CCCC5)CC4)sc3c2C(C)C)cnc1N=CN. The molecule has 0 aliphatic carbocycles. The van der Waals surface area contributed by atoms with Crippen molar-refractivity contribution in [3.63, 3.8) is 0 Å². The maximum absolute atomic E-state index is 12.7. The largest absolute Gasteiger partial charge is 0.390 e. The number of nitrogens with two attached hydrogens (primary N) is 1. The van der Waals surface area contributed by atoms with Gasteiger partial charge in [-0.15, -0.1) is 11.3 Å². The number of piperidine rings is 1. The van der Waals surface area contributed by atoms with Crippen LogP contribution < -0.4 is 5.73 Å². The number of nitrogens with zero attached hydrogens (tertiary/aromatic N) is 4. The number of likely N-dealkylation sites (tertiary alicyclic amines) is 2. The van der Waals surface area contributed by atoms with E-state index in [0.717, 1.165) is 55.8 Å². The maximum Gasteiger partial charge on any atom is 0.236 e. The first-order valence-corrected chi connectivity index (χ1v) is 13.6. The lowest BCUT2D eigenvalue weighted by atomic mass is 9.95. The number of thiophene rings is 1. The summed E-state index contributed by atoms with van der Waals surface area (Å²) in [6, 6.07) is 4.47.